The molecule has 0 amide bonds. The monoisotopic (exact) mass is 264 g/mol. The van der Waals surface area contributed by atoms with Crippen molar-refractivity contribution in [3.63, 3.8) is 0 Å². The van der Waals surface area contributed by atoms with Crippen LogP contribution in [0.3, 0.4) is 0 Å². The lowest BCUT2D eigenvalue weighted by Gasteiger charge is -2.10. The summed E-state index contributed by atoms with van der Waals surface area (Å²) < 4.78 is 39.9. The third-order valence-corrected chi connectivity index (χ3v) is 2.92. The topological polar surface area (TPSA) is 17.1 Å². The molecule has 2 rings (SSSR count). The van der Waals surface area contributed by atoms with Crippen LogP contribution in [0.5, 0.6) is 0 Å². The third-order valence-electron chi connectivity index (χ3n) is 2.92. The summed E-state index contributed by atoms with van der Waals surface area (Å²) in [7, 11) is 0. The maximum Gasteiger partial charge on any atom is 0.196 e. The van der Waals surface area contributed by atoms with E-state index in [9.17, 15) is 18.0 Å². The highest BCUT2D eigenvalue weighted by molar-refractivity contribution is 6.11. The van der Waals surface area contributed by atoms with E-state index in [4.69, 9.17) is 0 Å². The number of aryl methyl sites for hydroxylation is 2. The van der Waals surface area contributed by atoms with E-state index in [0.717, 1.165) is 6.07 Å². The summed E-state index contributed by atoms with van der Waals surface area (Å²) in [5.74, 6) is -3.38. The van der Waals surface area contributed by atoms with Crippen LogP contribution in [0.1, 0.15) is 27.0 Å². The molecule has 19 heavy (non-hydrogen) atoms. The third kappa shape index (κ3) is 2.38. The van der Waals surface area contributed by atoms with Gasteiger partial charge in [-0.1, -0.05) is 6.07 Å². The maximum absolute atomic E-state index is 13.6. The van der Waals surface area contributed by atoms with Crippen molar-refractivity contribution in [1.82, 2.24) is 0 Å². The lowest BCUT2D eigenvalue weighted by atomic mass is 9.94. The number of hydrogen-bond donors (Lipinski definition) is 0. The molecule has 0 unspecified atom stereocenters. The van der Waals surface area contributed by atoms with Gasteiger partial charge >= 0.3 is 0 Å². The first-order valence-electron chi connectivity index (χ1n) is 5.67. The fourth-order valence-corrected chi connectivity index (χ4v) is 2.08. The fourth-order valence-electron chi connectivity index (χ4n) is 2.08. The van der Waals surface area contributed by atoms with Crippen LogP contribution >= 0.6 is 0 Å². The molecule has 0 saturated heterocycles. The Balaban J connectivity index is 2.60. The van der Waals surface area contributed by atoms with Gasteiger partial charge < -0.3 is 0 Å². The predicted molar refractivity (Wildman–Crippen MR) is 65.7 cm³/mol. The van der Waals surface area contributed by atoms with E-state index < -0.39 is 23.2 Å². The molecule has 0 aromatic heterocycles. The first-order chi connectivity index (χ1) is 8.91. The second-order valence-electron chi connectivity index (χ2n) is 4.35. The van der Waals surface area contributed by atoms with Gasteiger partial charge in [-0.2, -0.15) is 0 Å². The lowest BCUT2D eigenvalue weighted by molar-refractivity contribution is 0.103. The zero-order valence-corrected chi connectivity index (χ0v) is 10.4. The van der Waals surface area contributed by atoms with Crippen molar-refractivity contribution in [2.24, 2.45) is 0 Å². The Morgan fingerprint density at radius 2 is 1.58 bits per heavy atom. The smallest absolute Gasteiger partial charge is 0.196 e. The standard InChI is InChI=1S/C15H11F3O/c1-8-6-10(16)7-9(2)13(8)15(19)11-4-3-5-12(17)14(11)18/h3-7H,1-2H3. The molecule has 0 aliphatic rings. The highest BCUT2D eigenvalue weighted by Gasteiger charge is 2.20. The van der Waals surface area contributed by atoms with E-state index in [2.05, 4.69) is 0 Å². The van der Waals surface area contributed by atoms with Crippen LogP contribution in [0.15, 0.2) is 30.3 Å². The van der Waals surface area contributed by atoms with Crippen molar-refractivity contribution in [2.75, 3.05) is 0 Å². The van der Waals surface area contributed by atoms with Gasteiger partial charge in [0.15, 0.2) is 17.4 Å². The Hall–Kier alpha value is -2.10. The number of halogens is 3. The zero-order valence-electron chi connectivity index (χ0n) is 10.4. The maximum atomic E-state index is 13.6. The Kier molecular flexibility index (Phi) is 3.42. The van der Waals surface area contributed by atoms with Gasteiger partial charge in [0.25, 0.3) is 0 Å². The van der Waals surface area contributed by atoms with Crippen LogP contribution in [0, 0.1) is 31.3 Å². The molecule has 0 radical (unpaired) electrons. The van der Waals surface area contributed by atoms with E-state index in [1.54, 1.807) is 13.8 Å². The highest BCUT2D eigenvalue weighted by Crippen LogP contribution is 2.22. The summed E-state index contributed by atoms with van der Waals surface area (Å²) >= 11 is 0. The fraction of sp³-hybridized carbons (Fsp3) is 0.133. The molecule has 0 aliphatic heterocycles. The molecule has 0 aliphatic carbocycles. The van der Waals surface area contributed by atoms with Crippen LogP contribution in [0.4, 0.5) is 13.2 Å². The average Bonchev–Trinajstić information content (AvgIpc) is 2.31. The van der Waals surface area contributed by atoms with Crippen molar-refractivity contribution in [2.45, 2.75) is 13.8 Å². The first kappa shape index (κ1) is 13.3. The van der Waals surface area contributed by atoms with Gasteiger partial charge in [0.05, 0.1) is 5.56 Å². The first-order valence-corrected chi connectivity index (χ1v) is 5.67. The normalized spacial score (nSPS) is 10.6. The van der Waals surface area contributed by atoms with E-state index in [1.165, 1.54) is 24.3 Å². The summed E-state index contributed by atoms with van der Waals surface area (Å²) in [6.45, 7) is 3.11. The number of ketones is 1. The molecule has 0 spiro atoms. The summed E-state index contributed by atoms with van der Waals surface area (Å²) in [5, 5.41) is 0. The van der Waals surface area contributed by atoms with Crippen molar-refractivity contribution in [3.8, 4) is 0 Å². The molecule has 98 valence electrons. The van der Waals surface area contributed by atoms with Crippen LogP contribution < -0.4 is 0 Å². The minimum Gasteiger partial charge on any atom is -0.288 e. The zero-order chi connectivity index (χ0) is 14.2. The molecule has 1 nitrogen and oxygen atoms in total. The summed E-state index contributed by atoms with van der Waals surface area (Å²) in [6, 6.07) is 5.80. The van der Waals surface area contributed by atoms with Gasteiger partial charge in [-0.3, -0.25) is 4.79 Å². The van der Waals surface area contributed by atoms with Gasteiger partial charge in [-0.15, -0.1) is 0 Å². The van der Waals surface area contributed by atoms with Gasteiger partial charge in [0.1, 0.15) is 5.82 Å². The Bertz CT molecular complexity index is 639. The van der Waals surface area contributed by atoms with Gasteiger partial charge in [-0.25, -0.2) is 13.2 Å². The second-order valence-corrected chi connectivity index (χ2v) is 4.35. The molecule has 0 fully saturated rings. The van der Waals surface area contributed by atoms with Crippen LogP contribution in [-0.2, 0) is 0 Å². The van der Waals surface area contributed by atoms with Crippen molar-refractivity contribution < 1.29 is 18.0 Å². The number of hydrogen-bond acceptors (Lipinski definition) is 1. The Morgan fingerprint density at radius 1 is 1.00 bits per heavy atom. The molecule has 2 aromatic rings. The van der Waals surface area contributed by atoms with Crippen molar-refractivity contribution >= 4 is 5.78 Å². The van der Waals surface area contributed by atoms with E-state index in [-0.39, 0.29) is 11.1 Å². The predicted octanol–water partition coefficient (Wildman–Crippen LogP) is 3.95. The van der Waals surface area contributed by atoms with Gasteiger partial charge in [0, 0.05) is 5.56 Å². The Morgan fingerprint density at radius 3 is 2.16 bits per heavy atom. The van der Waals surface area contributed by atoms with Crippen molar-refractivity contribution in [1.29, 1.82) is 0 Å². The number of rotatable bonds is 2. The minimum atomic E-state index is -1.18. The SMILES string of the molecule is Cc1cc(F)cc(C)c1C(=O)c1cccc(F)c1F. The molecule has 0 saturated carbocycles. The van der Waals surface area contributed by atoms with Crippen LogP contribution in [0.25, 0.3) is 0 Å². The summed E-state index contributed by atoms with van der Waals surface area (Å²) in [4.78, 5) is 12.2. The second kappa shape index (κ2) is 4.88. The molecule has 4 heteroatoms. The van der Waals surface area contributed by atoms with E-state index in [0.29, 0.717) is 11.1 Å². The van der Waals surface area contributed by atoms with Gasteiger partial charge in [-0.05, 0) is 49.2 Å². The number of benzene rings is 2. The number of carbonyl (C=O) groups is 1. The largest absolute Gasteiger partial charge is 0.288 e. The molecule has 0 bridgehead atoms. The molecule has 0 N–H and O–H groups in total. The molecule has 0 heterocycles. The number of carbonyl (C=O) groups excluding carboxylic acids is 1. The summed E-state index contributed by atoms with van der Waals surface area (Å²) in [5.41, 5.74) is 0.640. The molecular weight excluding hydrogens is 253 g/mol. The molecular formula is C15H11F3O. The molecule has 0 atom stereocenters. The average molecular weight is 264 g/mol. The van der Waals surface area contributed by atoms with Crippen LogP contribution in [0.2, 0.25) is 0 Å². The minimum absolute atomic E-state index is 0.200. The molecule has 2 aromatic carbocycles. The highest BCUT2D eigenvalue weighted by atomic mass is 19.2. The van der Waals surface area contributed by atoms with Crippen molar-refractivity contribution in [3.05, 3.63) is 70.0 Å². The van der Waals surface area contributed by atoms with E-state index >= 15 is 0 Å². The quantitative estimate of drug-likeness (QED) is 0.750. The van der Waals surface area contributed by atoms with Crippen LogP contribution in [-0.4, -0.2) is 5.78 Å². The Labute approximate surface area is 108 Å². The van der Waals surface area contributed by atoms with Gasteiger partial charge in [0.2, 0.25) is 0 Å². The lowest BCUT2D eigenvalue weighted by Crippen LogP contribution is -2.10. The summed E-state index contributed by atoms with van der Waals surface area (Å²) in [6.07, 6.45) is 0. The van der Waals surface area contributed by atoms with E-state index in [1.807, 2.05) is 0 Å².